The summed E-state index contributed by atoms with van der Waals surface area (Å²) in [6.45, 7) is 4.03. The van der Waals surface area contributed by atoms with Crippen LogP contribution in [0.4, 0.5) is 5.82 Å². The second-order valence-electron chi connectivity index (χ2n) is 7.44. The number of aromatic nitrogens is 3. The zero-order valence-corrected chi connectivity index (χ0v) is 17.9. The number of hydrogen-bond acceptors (Lipinski definition) is 4. The van der Waals surface area contributed by atoms with Crippen LogP contribution in [0.2, 0.25) is 0 Å². The van der Waals surface area contributed by atoms with E-state index < -0.39 is 0 Å². The van der Waals surface area contributed by atoms with Gasteiger partial charge in [-0.1, -0.05) is 46.3 Å². The maximum Gasteiger partial charge on any atom is 0.150 e. The average molecular weight is 448 g/mol. The van der Waals surface area contributed by atoms with Crippen LogP contribution in [0, 0.1) is 0 Å². The van der Waals surface area contributed by atoms with Crippen molar-refractivity contribution in [2.75, 3.05) is 38.1 Å². The molecule has 0 atom stereocenters. The third kappa shape index (κ3) is 3.43. The van der Waals surface area contributed by atoms with Crippen molar-refractivity contribution in [1.29, 1.82) is 0 Å². The van der Waals surface area contributed by atoms with Crippen molar-refractivity contribution < 1.29 is 0 Å². The Morgan fingerprint density at radius 1 is 0.862 bits per heavy atom. The molecule has 0 aliphatic carbocycles. The molecular formula is C23H22BrN5. The largest absolute Gasteiger partial charge is 0.353 e. The molecule has 5 nitrogen and oxygen atoms in total. The van der Waals surface area contributed by atoms with E-state index in [9.17, 15) is 0 Å². The van der Waals surface area contributed by atoms with E-state index >= 15 is 0 Å². The minimum atomic E-state index is 0.940. The molecular weight excluding hydrogens is 426 g/mol. The van der Waals surface area contributed by atoms with Gasteiger partial charge in [-0.05, 0) is 36.9 Å². The number of piperazine rings is 1. The molecule has 0 bridgehead atoms. The molecule has 146 valence electrons. The Hall–Kier alpha value is -2.70. The molecule has 0 unspecified atom stereocenters. The Kier molecular flexibility index (Phi) is 4.81. The number of halogens is 1. The van der Waals surface area contributed by atoms with Gasteiger partial charge in [-0.25, -0.2) is 9.97 Å². The van der Waals surface area contributed by atoms with Gasteiger partial charge in [0.15, 0.2) is 5.65 Å². The number of benzene rings is 2. The highest BCUT2D eigenvalue weighted by molar-refractivity contribution is 9.10. The van der Waals surface area contributed by atoms with Gasteiger partial charge in [-0.2, -0.15) is 0 Å². The molecule has 1 aliphatic rings. The topological polar surface area (TPSA) is 37.2 Å². The molecule has 0 N–H and O–H groups in total. The fourth-order valence-corrected chi connectivity index (χ4v) is 4.20. The van der Waals surface area contributed by atoms with Crippen LogP contribution in [0.25, 0.3) is 27.8 Å². The lowest BCUT2D eigenvalue weighted by molar-refractivity contribution is 0.312. The van der Waals surface area contributed by atoms with Gasteiger partial charge in [0.25, 0.3) is 0 Å². The van der Waals surface area contributed by atoms with Crippen LogP contribution in [0.15, 0.2) is 71.6 Å². The maximum atomic E-state index is 4.74. The molecule has 0 radical (unpaired) electrons. The van der Waals surface area contributed by atoms with Crippen molar-refractivity contribution in [2.45, 2.75) is 0 Å². The van der Waals surface area contributed by atoms with Crippen molar-refractivity contribution in [3.05, 3.63) is 71.6 Å². The van der Waals surface area contributed by atoms with Crippen molar-refractivity contribution in [2.24, 2.45) is 0 Å². The SMILES string of the molecule is CN1CCN(c2ncnc3c2c(-c2ccccc2)cn3-c2ccc(Br)cc2)CC1. The lowest BCUT2D eigenvalue weighted by Gasteiger charge is -2.33. The summed E-state index contributed by atoms with van der Waals surface area (Å²) in [7, 11) is 2.17. The Morgan fingerprint density at radius 2 is 1.59 bits per heavy atom. The average Bonchev–Trinajstić information content (AvgIpc) is 3.15. The summed E-state index contributed by atoms with van der Waals surface area (Å²) in [6.07, 6.45) is 3.89. The van der Waals surface area contributed by atoms with Crippen LogP contribution >= 0.6 is 15.9 Å². The summed E-state index contributed by atoms with van der Waals surface area (Å²) < 4.78 is 3.24. The Labute approximate surface area is 178 Å². The molecule has 5 rings (SSSR count). The van der Waals surface area contributed by atoms with E-state index in [1.807, 2.05) is 0 Å². The summed E-state index contributed by atoms with van der Waals surface area (Å²) in [5.41, 5.74) is 4.37. The smallest absolute Gasteiger partial charge is 0.150 e. The normalized spacial score (nSPS) is 15.2. The van der Waals surface area contributed by atoms with Crippen LogP contribution in [-0.4, -0.2) is 52.7 Å². The van der Waals surface area contributed by atoms with Crippen LogP contribution in [0.5, 0.6) is 0 Å². The summed E-state index contributed by atoms with van der Waals surface area (Å²) in [6, 6.07) is 18.9. The Bertz CT molecular complexity index is 1130. The van der Waals surface area contributed by atoms with E-state index in [1.54, 1.807) is 6.33 Å². The molecule has 1 aliphatic heterocycles. The van der Waals surface area contributed by atoms with E-state index in [-0.39, 0.29) is 0 Å². The summed E-state index contributed by atoms with van der Waals surface area (Å²) >= 11 is 3.53. The van der Waals surface area contributed by atoms with E-state index in [1.165, 1.54) is 5.56 Å². The van der Waals surface area contributed by atoms with E-state index in [2.05, 4.69) is 98.1 Å². The fraction of sp³-hybridized carbons (Fsp3) is 0.217. The van der Waals surface area contributed by atoms with Crippen molar-refractivity contribution in [3.8, 4) is 16.8 Å². The molecule has 29 heavy (non-hydrogen) atoms. The van der Waals surface area contributed by atoms with Crippen LogP contribution in [0.3, 0.4) is 0 Å². The van der Waals surface area contributed by atoms with Gasteiger partial charge >= 0.3 is 0 Å². The van der Waals surface area contributed by atoms with Crippen molar-refractivity contribution >= 4 is 32.8 Å². The molecule has 3 heterocycles. The maximum absolute atomic E-state index is 4.74. The van der Waals surface area contributed by atoms with Crippen LogP contribution < -0.4 is 4.90 Å². The quantitative estimate of drug-likeness (QED) is 0.459. The molecule has 0 saturated carbocycles. The lowest BCUT2D eigenvalue weighted by Crippen LogP contribution is -2.44. The fourth-order valence-electron chi connectivity index (χ4n) is 3.94. The molecule has 0 amide bonds. The Balaban J connectivity index is 1.74. The van der Waals surface area contributed by atoms with Crippen LogP contribution in [0.1, 0.15) is 0 Å². The first-order valence-electron chi connectivity index (χ1n) is 9.81. The second-order valence-corrected chi connectivity index (χ2v) is 8.36. The molecule has 2 aromatic heterocycles. The summed E-state index contributed by atoms with van der Waals surface area (Å²) in [5.74, 6) is 1.03. The molecule has 4 aromatic rings. The van der Waals surface area contributed by atoms with Crippen molar-refractivity contribution in [1.82, 2.24) is 19.4 Å². The number of fused-ring (bicyclic) bond motifs is 1. The van der Waals surface area contributed by atoms with Crippen LogP contribution in [-0.2, 0) is 0 Å². The molecule has 1 saturated heterocycles. The van der Waals surface area contributed by atoms with Gasteiger partial charge in [-0.3, -0.25) is 0 Å². The molecule has 2 aromatic carbocycles. The predicted molar refractivity (Wildman–Crippen MR) is 122 cm³/mol. The summed E-state index contributed by atoms with van der Waals surface area (Å²) in [4.78, 5) is 14.2. The number of anilines is 1. The van der Waals surface area contributed by atoms with Crippen molar-refractivity contribution in [3.63, 3.8) is 0 Å². The van der Waals surface area contributed by atoms with E-state index in [0.717, 1.165) is 58.8 Å². The molecule has 1 fully saturated rings. The first-order valence-corrected chi connectivity index (χ1v) is 10.6. The highest BCUT2D eigenvalue weighted by atomic mass is 79.9. The number of rotatable bonds is 3. The minimum Gasteiger partial charge on any atom is -0.353 e. The highest BCUT2D eigenvalue weighted by Crippen LogP contribution is 2.37. The summed E-state index contributed by atoms with van der Waals surface area (Å²) in [5, 5.41) is 1.12. The number of nitrogens with zero attached hydrogens (tertiary/aromatic N) is 5. The zero-order chi connectivity index (χ0) is 19.8. The standard InChI is InChI=1S/C23H22BrN5/c1-27-11-13-28(14-12-27)22-21-20(17-5-3-2-4-6-17)15-29(23(21)26-16-25-22)19-9-7-18(24)8-10-19/h2-10,15-16H,11-14H2,1H3. The van der Waals surface area contributed by atoms with Gasteiger partial charge in [0, 0.05) is 48.1 Å². The lowest BCUT2D eigenvalue weighted by atomic mass is 10.1. The highest BCUT2D eigenvalue weighted by Gasteiger charge is 2.23. The molecule has 0 spiro atoms. The Morgan fingerprint density at radius 3 is 2.31 bits per heavy atom. The van der Waals surface area contributed by atoms with E-state index in [0.29, 0.717) is 0 Å². The van der Waals surface area contributed by atoms with E-state index in [4.69, 9.17) is 9.97 Å². The first-order chi connectivity index (χ1) is 14.2. The monoisotopic (exact) mass is 447 g/mol. The van der Waals surface area contributed by atoms with Gasteiger partial charge in [-0.15, -0.1) is 0 Å². The predicted octanol–water partition coefficient (Wildman–Crippen LogP) is 4.60. The zero-order valence-electron chi connectivity index (χ0n) is 16.3. The third-order valence-corrected chi connectivity index (χ3v) is 6.08. The third-order valence-electron chi connectivity index (χ3n) is 5.56. The van der Waals surface area contributed by atoms with Gasteiger partial charge in [0.1, 0.15) is 12.1 Å². The number of likely N-dealkylation sites (N-methyl/N-ethyl adjacent to an activating group) is 1. The second kappa shape index (κ2) is 7.61. The number of hydrogen-bond donors (Lipinski definition) is 0. The minimum absolute atomic E-state index is 0.940. The molecule has 6 heteroatoms. The van der Waals surface area contributed by atoms with Gasteiger partial charge < -0.3 is 14.4 Å². The van der Waals surface area contributed by atoms with Gasteiger partial charge in [0.05, 0.1) is 5.39 Å². The first kappa shape index (κ1) is 18.3. The van der Waals surface area contributed by atoms with Gasteiger partial charge in [0.2, 0.25) is 0 Å².